The third kappa shape index (κ3) is 8.01. The molecular formula is C71H72N2O2. The Bertz CT molecular complexity index is 3520. The zero-order valence-corrected chi connectivity index (χ0v) is 46.2. The first-order valence-electron chi connectivity index (χ1n) is 27.3. The Balaban J connectivity index is 1.17. The number of allylic oxidation sites excluding steroid dienone is 3. The summed E-state index contributed by atoms with van der Waals surface area (Å²) in [5.74, 6) is 2.67. The Morgan fingerprint density at radius 1 is 0.520 bits per heavy atom. The molecule has 1 unspecified atom stereocenters. The first-order valence-corrected chi connectivity index (χ1v) is 27.3. The fourth-order valence-corrected chi connectivity index (χ4v) is 12.5. The maximum atomic E-state index is 7.44. The van der Waals surface area contributed by atoms with E-state index in [1.165, 1.54) is 55.6 Å². The van der Waals surface area contributed by atoms with Gasteiger partial charge in [-0.2, -0.15) is 0 Å². The molecule has 1 aromatic heterocycles. The third-order valence-corrected chi connectivity index (χ3v) is 16.6. The highest BCUT2D eigenvalue weighted by Gasteiger charge is 2.53. The van der Waals surface area contributed by atoms with Gasteiger partial charge in [0, 0.05) is 50.4 Å². The minimum atomic E-state index is -0.792. The molecule has 0 saturated heterocycles. The van der Waals surface area contributed by atoms with Crippen LogP contribution in [0, 0.1) is 5.41 Å². The molecule has 1 aliphatic heterocycles. The van der Waals surface area contributed by atoms with Crippen LogP contribution in [0.5, 0.6) is 11.5 Å². The van der Waals surface area contributed by atoms with Gasteiger partial charge in [0.15, 0.2) is 0 Å². The molecule has 4 aliphatic rings. The summed E-state index contributed by atoms with van der Waals surface area (Å²) >= 11 is 0. The van der Waals surface area contributed by atoms with Gasteiger partial charge in [-0.05, 0) is 153 Å². The van der Waals surface area contributed by atoms with Crippen molar-refractivity contribution >= 4 is 45.5 Å². The zero-order valence-electron chi connectivity index (χ0n) is 46.2. The highest BCUT2D eigenvalue weighted by atomic mass is 16.5. The van der Waals surface area contributed by atoms with Crippen molar-refractivity contribution in [2.75, 3.05) is 9.80 Å². The number of fused-ring (bicyclic) bond motifs is 13. The molecule has 0 bridgehead atoms. The van der Waals surface area contributed by atoms with Gasteiger partial charge in [0.1, 0.15) is 22.8 Å². The van der Waals surface area contributed by atoms with Gasteiger partial charge >= 0.3 is 0 Å². The van der Waals surface area contributed by atoms with Crippen LogP contribution in [0.3, 0.4) is 0 Å². The van der Waals surface area contributed by atoms with Gasteiger partial charge in [0.2, 0.25) is 0 Å². The monoisotopic (exact) mass is 985 g/mol. The average Bonchev–Trinajstić information content (AvgIpc) is 4.01. The van der Waals surface area contributed by atoms with E-state index in [0.29, 0.717) is 0 Å². The largest absolute Gasteiger partial charge is 0.457 e. The Morgan fingerprint density at radius 2 is 1.05 bits per heavy atom. The molecule has 0 amide bonds. The van der Waals surface area contributed by atoms with Crippen molar-refractivity contribution in [1.82, 2.24) is 0 Å². The SMILES string of the molecule is CC(C)(C)C1=CCC(N(c2ccc(C(C)(C)C)cc2)c2ccc3c(c2)C2(c4ccccc4Oc4ccccc42)c2cc(N(c4ccc(C(C)(C)C)cc4)c4ccc(C(C)(C)C)cc4)c4c5c(oc4c2-3)C=CCC5)C=C1. The minimum Gasteiger partial charge on any atom is -0.457 e. The number of nitrogens with zero attached hydrogens (tertiary/aromatic N) is 2. The summed E-state index contributed by atoms with van der Waals surface area (Å²) in [5, 5.41) is 1.17. The summed E-state index contributed by atoms with van der Waals surface area (Å²) in [6, 6.07) is 55.3. The number of ether oxygens (including phenoxy) is 1. The molecule has 8 aromatic rings. The first-order chi connectivity index (χ1) is 35.7. The number of rotatable bonds is 6. The first kappa shape index (κ1) is 48.6. The van der Waals surface area contributed by atoms with Gasteiger partial charge in [-0.1, -0.05) is 186 Å². The van der Waals surface area contributed by atoms with E-state index in [1.807, 2.05) is 0 Å². The molecule has 7 aromatic carbocycles. The fraction of sp³-hybridized carbons (Fsp3) is 0.296. The molecule has 75 heavy (non-hydrogen) atoms. The lowest BCUT2D eigenvalue weighted by molar-refractivity contribution is 0.436. The number of aryl methyl sites for hydroxylation is 1. The van der Waals surface area contributed by atoms with Crippen LogP contribution < -0.4 is 14.5 Å². The van der Waals surface area contributed by atoms with E-state index in [2.05, 4.69) is 269 Å². The molecule has 1 atom stereocenters. The Kier molecular flexibility index (Phi) is 11.3. The Hall–Kier alpha value is -7.30. The number of hydrogen-bond acceptors (Lipinski definition) is 4. The Morgan fingerprint density at radius 3 is 1.57 bits per heavy atom. The van der Waals surface area contributed by atoms with E-state index in [1.54, 1.807) is 0 Å². The van der Waals surface area contributed by atoms with Crippen LogP contribution in [0.25, 0.3) is 28.2 Å². The van der Waals surface area contributed by atoms with E-state index in [-0.39, 0.29) is 27.7 Å². The predicted molar refractivity (Wildman–Crippen MR) is 315 cm³/mol. The fourth-order valence-electron chi connectivity index (χ4n) is 12.5. The second-order valence-corrected chi connectivity index (χ2v) is 25.7. The van der Waals surface area contributed by atoms with Crippen molar-refractivity contribution in [3.05, 3.63) is 226 Å². The minimum absolute atomic E-state index is 0.000162. The van der Waals surface area contributed by atoms with Crippen LogP contribution in [0.1, 0.15) is 146 Å². The lowest BCUT2D eigenvalue weighted by Crippen LogP contribution is -2.33. The molecule has 0 N–H and O–H groups in total. The molecule has 1 spiro atoms. The van der Waals surface area contributed by atoms with Crippen LogP contribution >= 0.6 is 0 Å². The highest BCUT2D eigenvalue weighted by Crippen LogP contribution is 2.65. The summed E-state index contributed by atoms with van der Waals surface area (Å²) in [4.78, 5) is 5.08. The van der Waals surface area contributed by atoms with Crippen LogP contribution in [0.2, 0.25) is 0 Å². The number of hydrogen-bond donors (Lipinski definition) is 0. The summed E-state index contributed by atoms with van der Waals surface area (Å²) < 4.78 is 14.4. The van der Waals surface area contributed by atoms with Crippen LogP contribution in [0.15, 0.2) is 180 Å². The van der Waals surface area contributed by atoms with Gasteiger partial charge in [0.25, 0.3) is 0 Å². The number of para-hydroxylation sites is 2. The van der Waals surface area contributed by atoms with Crippen molar-refractivity contribution in [1.29, 1.82) is 0 Å². The average molecular weight is 985 g/mol. The van der Waals surface area contributed by atoms with Gasteiger partial charge in [-0.25, -0.2) is 0 Å². The molecule has 4 heteroatoms. The van der Waals surface area contributed by atoms with Crippen molar-refractivity contribution < 1.29 is 9.15 Å². The van der Waals surface area contributed by atoms with Gasteiger partial charge in [0.05, 0.1) is 17.1 Å². The molecule has 0 fully saturated rings. The molecule has 378 valence electrons. The molecule has 2 heterocycles. The smallest absolute Gasteiger partial charge is 0.145 e. The highest BCUT2D eigenvalue weighted by molar-refractivity contribution is 6.11. The van der Waals surface area contributed by atoms with Crippen LogP contribution in [0.4, 0.5) is 28.4 Å². The Labute approximate surface area is 446 Å². The van der Waals surface area contributed by atoms with E-state index in [9.17, 15) is 0 Å². The summed E-state index contributed by atoms with van der Waals surface area (Å²) in [7, 11) is 0. The summed E-state index contributed by atoms with van der Waals surface area (Å²) in [6.07, 6.45) is 14.5. The second kappa shape index (κ2) is 17.4. The summed E-state index contributed by atoms with van der Waals surface area (Å²) in [5.41, 5.74) is 19.4. The second-order valence-electron chi connectivity index (χ2n) is 25.7. The van der Waals surface area contributed by atoms with Crippen molar-refractivity contribution in [2.24, 2.45) is 5.41 Å². The van der Waals surface area contributed by atoms with Crippen molar-refractivity contribution in [3.63, 3.8) is 0 Å². The van der Waals surface area contributed by atoms with E-state index in [0.717, 1.165) is 81.5 Å². The topological polar surface area (TPSA) is 28.9 Å². The third-order valence-electron chi connectivity index (χ3n) is 16.6. The van der Waals surface area contributed by atoms with Gasteiger partial charge in [-0.15, -0.1) is 0 Å². The lowest BCUT2D eigenvalue weighted by Gasteiger charge is -2.40. The summed E-state index contributed by atoms with van der Waals surface area (Å²) in [6.45, 7) is 27.6. The normalized spacial score (nSPS) is 16.4. The maximum absolute atomic E-state index is 7.44. The molecule has 0 radical (unpaired) electrons. The number of anilines is 5. The molecular weight excluding hydrogens is 913 g/mol. The standard InChI is InChI=1S/C71H72N2O2/c1-67(2,3)45-25-33-49(34-26-45)72(50-35-27-46(28-36-50)68(4,5)6)53-41-42-54-58(43-53)71(56-20-14-17-23-62(56)74-63-24-18-15-21-57(63)71)59-44-60(65-55-19-13-16-22-61(55)75-66(65)64(54)59)73(51-37-29-47(30-38-51)69(7,8)9)52-39-31-48(32-40-52)70(10,11)12/h14-18,20-35,37-44,50H,13,19,36H2,1-12H3. The van der Waals surface area contributed by atoms with Crippen LogP contribution in [-0.2, 0) is 28.1 Å². The molecule has 4 nitrogen and oxygen atoms in total. The molecule has 0 saturated carbocycles. The molecule has 12 rings (SSSR count). The van der Waals surface area contributed by atoms with E-state index < -0.39 is 5.41 Å². The lowest BCUT2D eigenvalue weighted by atomic mass is 9.66. The van der Waals surface area contributed by atoms with Crippen molar-refractivity contribution in [3.8, 4) is 22.6 Å². The zero-order chi connectivity index (χ0) is 52.4. The van der Waals surface area contributed by atoms with Gasteiger partial charge < -0.3 is 19.0 Å². The predicted octanol–water partition coefficient (Wildman–Crippen LogP) is 19.7. The van der Waals surface area contributed by atoms with E-state index >= 15 is 0 Å². The quantitative estimate of drug-likeness (QED) is 0.166. The van der Waals surface area contributed by atoms with E-state index in [4.69, 9.17) is 9.15 Å². The number of benzene rings is 7. The van der Waals surface area contributed by atoms with Crippen molar-refractivity contribution in [2.45, 2.75) is 130 Å². The van der Waals surface area contributed by atoms with Crippen LogP contribution in [-0.4, -0.2) is 6.04 Å². The number of furan rings is 1. The molecule has 3 aliphatic carbocycles. The maximum Gasteiger partial charge on any atom is 0.145 e. The van der Waals surface area contributed by atoms with Gasteiger partial charge in [-0.3, -0.25) is 0 Å².